The minimum absolute atomic E-state index is 0.128. The SMILES string of the molecule is CC(C)(C)OC1CC(C)(C)[NH+]([O-])C(C)(C)C1. The van der Waals surface area contributed by atoms with Crippen LogP contribution in [-0.2, 0) is 4.74 Å². The van der Waals surface area contributed by atoms with Crippen molar-refractivity contribution in [2.45, 2.75) is 84.1 Å². The van der Waals surface area contributed by atoms with Crippen molar-refractivity contribution in [3.05, 3.63) is 5.21 Å². The van der Waals surface area contributed by atoms with Gasteiger partial charge in [0.15, 0.2) is 0 Å². The van der Waals surface area contributed by atoms with Crippen molar-refractivity contribution in [2.75, 3.05) is 0 Å². The number of quaternary nitrogens is 1. The normalized spacial score (nSPS) is 33.8. The van der Waals surface area contributed by atoms with Crippen molar-refractivity contribution in [3.8, 4) is 0 Å². The molecule has 1 aliphatic heterocycles. The molecule has 0 spiro atoms. The van der Waals surface area contributed by atoms with Gasteiger partial charge in [-0.3, -0.25) is 0 Å². The van der Waals surface area contributed by atoms with Crippen molar-refractivity contribution in [1.29, 1.82) is 0 Å². The fraction of sp³-hybridized carbons (Fsp3) is 1.00. The lowest BCUT2D eigenvalue weighted by Gasteiger charge is -2.55. The number of hydrogen-bond acceptors (Lipinski definition) is 2. The molecule has 0 aromatic rings. The second-order valence-electron chi connectivity index (χ2n) is 7.36. The molecule has 3 nitrogen and oxygen atoms in total. The molecule has 16 heavy (non-hydrogen) atoms. The monoisotopic (exact) mass is 229 g/mol. The Morgan fingerprint density at radius 1 is 1.06 bits per heavy atom. The largest absolute Gasteiger partial charge is 0.634 e. The van der Waals surface area contributed by atoms with Crippen LogP contribution in [0.5, 0.6) is 0 Å². The van der Waals surface area contributed by atoms with E-state index in [1.54, 1.807) is 0 Å². The van der Waals surface area contributed by atoms with Gasteiger partial charge in [-0.15, -0.1) is 0 Å². The van der Waals surface area contributed by atoms with Gasteiger partial charge in [0.25, 0.3) is 0 Å². The zero-order valence-corrected chi connectivity index (χ0v) is 11.8. The van der Waals surface area contributed by atoms with Gasteiger partial charge >= 0.3 is 0 Å². The van der Waals surface area contributed by atoms with Crippen molar-refractivity contribution in [1.82, 2.24) is 0 Å². The first kappa shape index (κ1) is 13.9. The van der Waals surface area contributed by atoms with E-state index in [2.05, 4.69) is 20.8 Å². The molecule has 1 saturated heterocycles. The van der Waals surface area contributed by atoms with Crippen molar-refractivity contribution >= 4 is 0 Å². The molecule has 0 amide bonds. The lowest BCUT2D eigenvalue weighted by molar-refractivity contribution is -0.956. The average molecular weight is 229 g/mol. The van der Waals surface area contributed by atoms with Gasteiger partial charge in [-0.05, 0) is 48.5 Å². The Kier molecular flexibility index (Phi) is 3.46. The Hall–Kier alpha value is -0.120. The van der Waals surface area contributed by atoms with Gasteiger partial charge in [0.1, 0.15) is 0 Å². The number of hydroxylamine groups is 2. The molecule has 1 rings (SSSR count). The predicted octanol–water partition coefficient (Wildman–Crippen LogP) is 1.90. The zero-order chi connectivity index (χ0) is 12.8. The summed E-state index contributed by atoms with van der Waals surface area (Å²) in [6.07, 6.45) is 1.88. The molecular weight excluding hydrogens is 202 g/mol. The number of rotatable bonds is 1. The summed E-state index contributed by atoms with van der Waals surface area (Å²) in [5.74, 6) is 0. The maximum atomic E-state index is 12.2. The molecule has 96 valence electrons. The number of ether oxygens (including phenoxy) is 1. The van der Waals surface area contributed by atoms with Crippen LogP contribution < -0.4 is 5.06 Å². The van der Waals surface area contributed by atoms with Gasteiger partial charge in [0, 0.05) is 12.8 Å². The van der Waals surface area contributed by atoms with E-state index in [1.165, 1.54) is 0 Å². The van der Waals surface area contributed by atoms with Crippen molar-refractivity contribution < 1.29 is 9.80 Å². The highest BCUT2D eigenvalue weighted by Crippen LogP contribution is 2.28. The molecule has 0 aliphatic carbocycles. The predicted molar refractivity (Wildman–Crippen MR) is 66.3 cm³/mol. The van der Waals surface area contributed by atoms with Crippen LogP contribution in [-0.4, -0.2) is 22.8 Å². The Morgan fingerprint density at radius 2 is 1.44 bits per heavy atom. The Labute approximate surface area is 99.7 Å². The number of hydrogen-bond donors (Lipinski definition) is 1. The number of nitrogens with one attached hydrogen (secondary N) is 1. The molecule has 1 fully saturated rings. The fourth-order valence-corrected chi connectivity index (χ4v) is 2.90. The topological polar surface area (TPSA) is 36.7 Å². The lowest BCUT2D eigenvalue weighted by atomic mass is 9.80. The van der Waals surface area contributed by atoms with E-state index in [9.17, 15) is 5.21 Å². The first-order valence-corrected chi connectivity index (χ1v) is 6.17. The van der Waals surface area contributed by atoms with Gasteiger partial charge in [-0.2, -0.15) is 0 Å². The molecule has 0 bridgehead atoms. The van der Waals surface area contributed by atoms with Gasteiger partial charge in [0.2, 0.25) is 0 Å². The minimum atomic E-state index is -0.252. The minimum Gasteiger partial charge on any atom is -0.634 e. The summed E-state index contributed by atoms with van der Waals surface area (Å²) in [5, 5.41) is 12.6. The molecule has 0 aromatic carbocycles. The standard InChI is InChI=1S/C13H27NO2/c1-11(2,3)16-10-8-12(4,5)14(15)13(6,7)9-10/h10,14H,8-9H2,1-7H3. The van der Waals surface area contributed by atoms with Crippen LogP contribution in [0.1, 0.15) is 61.3 Å². The summed E-state index contributed by atoms with van der Waals surface area (Å²) in [6, 6.07) is 0. The smallest absolute Gasteiger partial charge is 0.0946 e. The molecule has 3 heteroatoms. The maximum absolute atomic E-state index is 12.2. The van der Waals surface area contributed by atoms with Crippen molar-refractivity contribution in [3.63, 3.8) is 0 Å². The highest BCUT2D eigenvalue weighted by atomic mass is 16.5. The molecule has 0 aromatic heterocycles. The van der Waals surface area contributed by atoms with E-state index in [0.717, 1.165) is 12.8 Å². The molecule has 1 heterocycles. The summed E-state index contributed by atoms with van der Waals surface area (Å²) in [4.78, 5) is 0. The second-order valence-corrected chi connectivity index (χ2v) is 7.36. The van der Waals surface area contributed by atoms with E-state index in [1.807, 2.05) is 27.7 Å². The van der Waals surface area contributed by atoms with Crippen LogP contribution in [0.25, 0.3) is 0 Å². The first-order valence-electron chi connectivity index (χ1n) is 6.17. The van der Waals surface area contributed by atoms with Crippen LogP contribution in [0, 0.1) is 5.21 Å². The van der Waals surface area contributed by atoms with Crippen LogP contribution in [0.15, 0.2) is 0 Å². The van der Waals surface area contributed by atoms with E-state index >= 15 is 0 Å². The Morgan fingerprint density at radius 3 is 1.75 bits per heavy atom. The molecule has 0 radical (unpaired) electrons. The quantitative estimate of drug-likeness (QED) is 0.697. The van der Waals surface area contributed by atoms with E-state index in [4.69, 9.17) is 4.74 Å². The van der Waals surface area contributed by atoms with Crippen molar-refractivity contribution in [2.24, 2.45) is 0 Å². The van der Waals surface area contributed by atoms with Gasteiger partial charge in [-0.25, -0.2) is 0 Å². The Balaban J connectivity index is 2.79. The van der Waals surface area contributed by atoms with Crippen LogP contribution in [0.4, 0.5) is 0 Å². The third-order valence-corrected chi connectivity index (χ3v) is 3.23. The summed E-state index contributed by atoms with van der Waals surface area (Å²) >= 11 is 0. The molecule has 1 aliphatic rings. The molecular formula is C13H27NO2. The average Bonchev–Trinajstić information content (AvgIpc) is 1.95. The second kappa shape index (κ2) is 3.97. The van der Waals surface area contributed by atoms with Gasteiger partial charge < -0.3 is 15.0 Å². The van der Waals surface area contributed by atoms with E-state index in [0.29, 0.717) is 5.06 Å². The van der Waals surface area contributed by atoms with Crippen LogP contribution in [0.3, 0.4) is 0 Å². The highest BCUT2D eigenvalue weighted by Gasteiger charge is 2.46. The molecule has 0 unspecified atom stereocenters. The summed E-state index contributed by atoms with van der Waals surface area (Å²) in [7, 11) is 0. The molecule has 0 atom stereocenters. The van der Waals surface area contributed by atoms with E-state index in [-0.39, 0.29) is 22.8 Å². The number of piperidine rings is 1. The van der Waals surface area contributed by atoms with Crippen LogP contribution in [0.2, 0.25) is 0 Å². The summed E-state index contributed by atoms with van der Waals surface area (Å²) < 4.78 is 6.05. The molecule has 0 saturated carbocycles. The first-order chi connectivity index (χ1) is 6.94. The fourth-order valence-electron chi connectivity index (χ4n) is 2.90. The zero-order valence-electron chi connectivity index (χ0n) is 11.8. The molecule has 1 N–H and O–H groups in total. The van der Waals surface area contributed by atoms with Gasteiger partial charge in [0.05, 0.1) is 22.8 Å². The van der Waals surface area contributed by atoms with E-state index < -0.39 is 0 Å². The highest BCUT2D eigenvalue weighted by molar-refractivity contribution is 4.88. The van der Waals surface area contributed by atoms with Gasteiger partial charge in [-0.1, -0.05) is 0 Å². The third-order valence-electron chi connectivity index (χ3n) is 3.23. The third kappa shape index (κ3) is 3.19. The summed E-state index contributed by atoms with van der Waals surface area (Å²) in [6.45, 7) is 14.4. The Bertz CT molecular complexity index is 235. The summed E-state index contributed by atoms with van der Waals surface area (Å²) in [5.41, 5.74) is -0.632. The maximum Gasteiger partial charge on any atom is 0.0946 e. The lowest BCUT2D eigenvalue weighted by Crippen LogP contribution is -3.23. The van der Waals surface area contributed by atoms with Crippen LogP contribution >= 0.6 is 0 Å².